The second-order valence-electron chi connectivity index (χ2n) is 4.94. The molecule has 0 bridgehead atoms. The molecule has 1 aromatic heterocycles. The highest BCUT2D eigenvalue weighted by molar-refractivity contribution is 7.56. The lowest BCUT2D eigenvalue weighted by atomic mass is 10.2. The Balaban J connectivity index is 2.44. The largest absolute Gasteiger partial charge is 0.379 e. The molecular formula is C12H16N2O7P2. The fourth-order valence-corrected chi connectivity index (χ4v) is 4.55. The van der Waals surface area contributed by atoms with Crippen molar-refractivity contribution in [3.8, 4) is 0 Å². The van der Waals surface area contributed by atoms with Crippen LogP contribution in [-0.2, 0) is 15.7 Å². The van der Waals surface area contributed by atoms with Crippen LogP contribution < -0.4 is 0 Å². The summed E-state index contributed by atoms with van der Waals surface area (Å²) < 4.78 is 24.2. The fraction of sp³-hybridized carbons (Fsp3) is 0.250. The third kappa shape index (κ3) is 4.37. The van der Waals surface area contributed by atoms with Crippen LogP contribution in [0.1, 0.15) is 17.0 Å². The molecule has 0 radical (unpaired) electrons. The Morgan fingerprint density at radius 1 is 1.04 bits per heavy atom. The molecule has 0 saturated carbocycles. The van der Waals surface area contributed by atoms with Crippen LogP contribution in [0, 0.1) is 0 Å². The van der Waals surface area contributed by atoms with Gasteiger partial charge >= 0.3 is 15.2 Å². The smallest absolute Gasteiger partial charge is 0.355 e. The van der Waals surface area contributed by atoms with Crippen LogP contribution in [0.25, 0.3) is 0 Å². The van der Waals surface area contributed by atoms with Crippen molar-refractivity contribution in [3.63, 3.8) is 0 Å². The molecule has 23 heavy (non-hydrogen) atoms. The zero-order valence-corrected chi connectivity index (χ0v) is 13.5. The molecule has 0 spiro atoms. The summed E-state index contributed by atoms with van der Waals surface area (Å²) in [6.45, 7) is 0.181. The summed E-state index contributed by atoms with van der Waals surface area (Å²) in [6, 6.07) is 8.90. The van der Waals surface area contributed by atoms with Gasteiger partial charge in [-0.3, -0.25) is 9.13 Å². The van der Waals surface area contributed by atoms with Gasteiger partial charge < -0.3 is 29.2 Å². The van der Waals surface area contributed by atoms with Crippen molar-refractivity contribution in [2.45, 2.75) is 18.0 Å². The number of aliphatic hydroxyl groups excluding tert-OH is 1. The average molecular weight is 362 g/mol. The van der Waals surface area contributed by atoms with E-state index in [1.165, 1.54) is 17.0 Å². The maximum Gasteiger partial charge on any atom is 0.355 e. The molecule has 2 aromatic rings. The molecule has 9 nitrogen and oxygen atoms in total. The molecule has 11 heteroatoms. The number of nitrogens with zero attached hydrogens (tertiary/aromatic N) is 2. The Bertz CT molecular complexity index is 752. The predicted octanol–water partition coefficient (Wildman–Crippen LogP) is 0.646. The van der Waals surface area contributed by atoms with Crippen LogP contribution in [-0.4, -0.2) is 40.1 Å². The normalized spacial score (nSPS) is 15.3. The first-order valence-electron chi connectivity index (χ1n) is 6.44. The van der Waals surface area contributed by atoms with E-state index in [1.54, 1.807) is 30.3 Å². The molecule has 0 aliphatic carbocycles. The fourth-order valence-electron chi connectivity index (χ4n) is 2.14. The van der Waals surface area contributed by atoms with E-state index in [2.05, 4.69) is 4.98 Å². The van der Waals surface area contributed by atoms with Crippen LogP contribution >= 0.6 is 15.2 Å². The highest BCUT2D eigenvalue weighted by Crippen LogP contribution is 2.60. The molecule has 5 N–H and O–H groups in total. The zero-order valence-electron chi connectivity index (χ0n) is 11.7. The van der Waals surface area contributed by atoms with Crippen LogP contribution in [0.3, 0.4) is 0 Å². The Hall–Kier alpha value is -1.31. The lowest BCUT2D eigenvalue weighted by Gasteiger charge is -2.24. The molecule has 2 atom stereocenters. The molecule has 0 aliphatic heterocycles. The van der Waals surface area contributed by atoms with Gasteiger partial charge in [0.2, 0.25) is 0 Å². The third-order valence-corrected chi connectivity index (χ3v) is 5.66. The van der Waals surface area contributed by atoms with E-state index in [1.807, 2.05) is 0 Å². The lowest BCUT2D eigenvalue weighted by Crippen LogP contribution is -2.23. The van der Waals surface area contributed by atoms with Gasteiger partial charge in [0, 0.05) is 18.9 Å². The Kier molecular flexibility index (Phi) is 5.23. The quantitative estimate of drug-likeness (QED) is 0.469. The minimum absolute atomic E-state index is 0.181. The van der Waals surface area contributed by atoms with Crippen molar-refractivity contribution in [1.82, 2.24) is 9.55 Å². The van der Waals surface area contributed by atoms with Gasteiger partial charge in [0.1, 0.15) is 5.82 Å². The molecule has 1 heterocycles. The van der Waals surface area contributed by atoms with Crippen molar-refractivity contribution in [3.05, 3.63) is 54.1 Å². The number of aromatic nitrogens is 2. The number of rotatable bonds is 6. The summed E-state index contributed by atoms with van der Waals surface area (Å²) in [4.78, 5) is 40.8. The second kappa shape index (κ2) is 6.67. The first-order chi connectivity index (χ1) is 10.6. The van der Waals surface area contributed by atoms with Gasteiger partial charge in [-0.2, -0.15) is 0 Å². The number of imidazole rings is 1. The van der Waals surface area contributed by atoms with E-state index in [-0.39, 0.29) is 12.4 Å². The lowest BCUT2D eigenvalue weighted by molar-refractivity contribution is 0.181. The summed E-state index contributed by atoms with van der Waals surface area (Å²) in [5.41, 5.74) is -1.33. The van der Waals surface area contributed by atoms with Crippen LogP contribution in [0.2, 0.25) is 0 Å². The van der Waals surface area contributed by atoms with Gasteiger partial charge in [-0.15, -0.1) is 0 Å². The van der Waals surface area contributed by atoms with Crippen LogP contribution in [0.5, 0.6) is 0 Å². The van der Waals surface area contributed by atoms with Gasteiger partial charge in [0.15, 0.2) is 11.5 Å². The first kappa shape index (κ1) is 18.0. The van der Waals surface area contributed by atoms with Gasteiger partial charge in [0.25, 0.3) is 0 Å². The Labute approximate surface area is 131 Å². The maximum absolute atomic E-state index is 11.7. The molecule has 0 fully saturated rings. The van der Waals surface area contributed by atoms with Crippen molar-refractivity contribution in [2.24, 2.45) is 0 Å². The maximum atomic E-state index is 11.7. The van der Waals surface area contributed by atoms with E-state index in [0.29, 0.717) is 0 Å². The van der Waals surface area contributed by atoms with E-state index in [4.69, 9.17) is 9.79 Å². The SMILES string of the molecule is O=P(O)(O)C(O)C(c1nccn1Cc1ccccc1)P(=O)(O)O. The molecule has 126 valence electrons. The molecular weight excluding hydrogens is 346 g/mol. The molecule has 2 unspecified atom stereocenters. The van der Waals surface area contributed by atoms with Crippen molar-refractivity contribution < 1.29 is 33.8 Å². The predicted molar refractivity (Wildman–Crippen MR) is 80.6 cm³/mol. The summed E-state index contributed by atoms with van der Waals surface area (Å²) in [6.07, 6.45) is 2.66. The van der Waals surface area contributed by atoms with Crippen molar-refractivity contribution >= 4 is 15.2 Å². The molecule has 0 saturated heterocycles. The highest BCUT2D eigenvalue weighted by Gasteiger charge is 2.47. The molecule has 0 aliphatic rings. The Morgan fingerprint density at radius 2 is 1.65 bits per heavy atom. The summed E-state index contributed by atoms with van der Waals surface area (Å²) in [7, 11) is -10.2. The van der Waals surface area contributed by atoms with Gasteiger partial charge in [-0.05, 0) is 5.56 Å². The van der Waals surface area contributed by atoms with Crippen LogP contribution in [0.4, 0.5) is 0 Å². The molecule has 2 rings (SSSR count). The van der Waals surface area contributed by atoms with Gasteiger partial charge in [-0.25, -0.2) is 4.98 Å². The minimum atomic E-state index is -5.14. The van der Waals surface area contributed by atoms with Crippen molar-refractivity contribution in [2.75, 3.05) is 0 Å². The van der Waals surface area contributed by atoms with Gasteiger partial charge in [-0.1, -0.05) is 30.3 Å². The number of hydrogen-bond acceptors (Lipinski definition) is 4. The second-order valence-corrected chi connectivity index (χ2v) is 8.38. The van der Waals surface area contributed by atoms with Crippen molar-refractivity contribution in [1.29, 1.82) is 0 Å². The van der Waals surface area contributed by atoms with E-state index in [9.17, 15) is 24.0 Å². The number of hydrogen-bond donors (Lipinski definition) is 5. The topological polar surface area (TPSA) is 153 Å². The highest BCUT2D eigenvalue weighted by atomic mass is 31.2. The summed E-state index contributed by atoms with van der Waals surface area (Å²) in [5.74, 6) is -2.85. The monoisotopic (exact) mass is 362 g/mol. The van der Waals surface area contributed by atoms with Crippen LogP contribution in [0.15, 0.2) is 42.7 Å². The molecule has 1 aromatic carbocycles. The first-order valence-corrected chi connectivity index (χ1v) is 9.80. The Morgan fingerprint density at radius 3 is 2.17 bits per heavy atom. The minimum Gasteiger partial charge on any atom is -0.379 e. The van der Waals surface area contributed by atoms with Gasteiger partial charge in [0.05, 0.1) is 0 Å². The van der Waals surface area contributed by atoms with E-state index < -0.39 is 26.7 Å². The van der Waals surface area contributed by atoms with E-state index >= 15 is 0 Å². The standard InChI is InChI=1S/C12H16N2O7P2/c15-12(23(19,20)21)10(22(16,17)18)11-13-6-7-14(11)8-9-4-2-1-3-5-9/h1-7,10,12,15H,8H2,(H2,16,17,18)(H2,19,20,21). The third-order valence-electron chi connectivity index (χ3n) is 3.20. The molecule has 0 amide bonds. The summed E-state index contributed by atoms with van der Waals surface area (Å²) in [5, 5.41) is 9.73. The number of aliphatic hydroxyl groups is 1. The average Bonchev–Trinajstić information content (AvgIpc) is 2.85. The summed E-state index contributed by atoms with van der Waals surface area (Å²) >= 11 is 0. The van der Waals surface area contributed by atoms with E-state index in [0.717, 1.165) is 5.56 Å². The zero-order chi connectivity index (χ0) is 17.3. The number of benzene rings is 1.